The zero-order valence-electron chi connectivity index (χ0n) is 30.4. The third-order valence-corrected chi connectivity index (χ3v) is 11.2. The molecule has 8 aromatic rings. The quantitative estimate of drug-likeness (QED) is 0.174. The Labute approximate surface area is 307 Å². The van der Waals surface area contributed by atoms with E-state index in [9.17, 15) is 0 Å². The van der Waals surface area contributed by atoms with Crippen LogP contribution in [0.3, 0.4) is 0 Å². The number of hydrogen-bond donors (Lipinski definition) is 0. The van der Waals surface area contributed by atoms with Crippen LogP contribution >= 0.6 is 0 Å². The molecule has 1 aliphatic rings. The normalized spacial score (nSPS) is 14.0. The zero-order valence-corrected chi connectivity index (χ0v) is 30.4. The van der Waals surface area contributed by atoms with Gasteiger partial charge in [0.05, 0.1) is 5.69 Å². The van der Waals surface area contributed by atoms with Crippen molar-refractivity contribution in [2.45, 2.75) is 64.2 Å². The molecule has 9 rings (SSSR count). The van der Waals surface area contributed by atoms with E-state index in [1.165, 1.54) is 70.8 Å². The van der Waals surface area contributed by atoms with Crippen LogP contribution in [0.15, 0.2) is 156 Å². The Hall–Kier alpha value is -5.60. The van der Waals surface area contributed by atoms with E-state index in [1.54, 1.807) is 0 Å². The molecule has 1 aromatic heterocycles. The van der Waals surface area contributed by atoms with Gasteiger partial charge in [0.15, 0.2) is 0 Å². The lowest BCUT2D eigenvalue weighted by Gasteiger charge is -2.30. The predicted molar refractivity (Wildman–Crippen MR) is 221 cm³/mol. The summed E-state index contributed by atoms with van der Waals surface area (Å²) in [5, 5.41) is 5.03. The monoisotopic (exact) mass is 675 g/mol. The molecular weight excluding hydrogens is 631 g/mol. The second-order valence-electron chi connectivity index (χ2n) is 15.6. The SMILES string of the molecule is CC(C)(C)c1ccc(N(c2ccc(-c3ccc4c(c3)oc3ccccc34)cc2)c2ccccc2-c2cccc3cccc(C4CCCCC4)c23)cc1. The zero-order chi connectivity index (χ0) is 35.2. The highest BCUT2D eigenvalue weighted by Crippen LogP contribution is 2.46. The topological polar surface area (TPSA) is 16.4 Å². The van der Waals surface area contributed by atoms with Crippen LogP contribution in [0.5, 0.6) is 0 Å². The fraction of sp³-hybridized carbons (Fsp3) is 0.200. The van der Waals surface area contributed by atoms with E-state index in [0.29, 0.717) is 5.92 Å². The third-order valence-electron chi connectivity index (χ3n) is 11.2. The molecule has 256 valence electrons. The van der Waals surface area contributed by atoms with Gasteiger partial charge in [-0.25, -0.2) is 0 Å². The van der Waals surface area contributed by atoms with Gasteiger partial charge in [0.1, 0.15) is 11.2 Å². The highest BCUT2D eigenvalue weighted by atomic mass is 16.3. The first-order valence-corrected chi connectivity index (χ1v) is 19.0. The van der Waals surface area contributed by atoms with Gasteiger partial charge in [0.25, 0.3) is 0 Å². The van der Waals surface area contributed by atoms with E-state index in [2.05, 4.69) is 165 Å². The first kappa shape index (κ1) is 32.3. The van der Waals surface area contributed by atoms with Crippen LogP contribution in [0.4, 0.5) is 17.1 Å². The van der Waals surface area contributed by atoms with Gasteiger partial charge in [-0.2, -0.15) is 0 Å². The van der Waals surface area contributed by atoms with E-state index < -0.39 is 0 Å². The van der Waals surface area contributed by atoms with Crippen molar-refractivity contribution in [2.24, 2.45) is 0 Å². The molecule has 0 bridgehead atoms. The molecule has 0 spiro atoms. The number of benzene rings is 7. The molecule has 52 heavy (non-hydrogen) atoms. The summed E-state index contributed by atoms with van der Waals surface area (Å²) in [6.07, 6.45) is 6.54. The Morgan fingerprint density at radius 2 is 1.17 bits per heavy atom. The van der Waals surface area contributed by atoms with Crippen molar-refractivity contribution >= 4 is 49.8 Å². The molecule has 1 saturated carbocycles. The van der Waals surface area contributed by atoms with Crippen LogP contribution < -0.4 is 4.90 Å². The van der Waals surface area contributed by atoms with E-state index in [4.69, 9.17) is 4.42 Å². The molecule has 0 unspecified atom stereocenters. The van der Waals surface area contributed by atoms with Crippen molar-refractivity contribution in [2.75, 3.05) is 4.90 Å². The fourth-order valence-corrected chi connectivity index (χ4v) is 8.49. The summed E-state index contributed by atoms with van der Waals surface area (Å²) >= 11 is 0. The van der Waals surface area contributed by atoms with E-state index in [0.717, 1.165) is 44.4 Å². The maximum Gasteiger partial charge on any atom is 0.136 e. The highest BCUT2D eigenvalue weighted by molar-refractivity contribution is 6.06. The second-order valence-corrected chi connectivity index (χ2v) is 15.6. The van der Waals surface area contributed by atoms with E-state index >= 15 is 0 Å². The third kappa shape index (κ3) is 5.87. The molecule has 2 nitrogen and oxygen atoms in total. The van der Waals surface area contributed by atoms with Gasteiger partial charge < -0.3 is 9.32 Å². The molecule has 0 atom stereocenters. The molecule has 2 heteroatoms. The summed E-state index contributed by atoms with van der Waals surface area (Å²) < 4.78 is 6.25. The average Bonchev–Trinajstić information content (AvgIpc) is 3.56. The molecule has 0 saturated heterocycles. The number of para-hydroxylation sites is 2. The molecule has 1 fully saturated rings. The van der Waals surface area contributed by atoms with Gasteiger partial charge in [-0.1, -0.05) is 143 Å². The van der Waals surface area contributed by atoms with Crippen LogP contribution in [-0.4, -0.2) is 0 Å². The summed E-state index contributed by atoms with van der Waals surface area (Å²) in [6, 6.07) is 55.8. The Morgan fingerprint density at radius 1 is 0.538 bits per heavy atom. The first-order valence-electron chi connectivity index (χ1n) is 19.0. The van der Waals surface area contributed by atoms with Crippen molar-refractivity contribution in [3.63, 3.8) is 0 Å². The van der Waals surface area contributed by atoms with Crippen molar-refractivity contribution in [3.05, 3.63) is 163 Å². The van der Waals surface area contributed by atoms with Crippen LogP contribution in [0.2, 0.25) is 0 Å². The number of rotatable bonds is 6. The molecule has 0 amide bonds. The van der Waals surface area contributed by atoms with Crippen molar-refractivity contribution in [1.82, 2.24) is 0 Å². The lowest BCUT2D eigenvalue weighted by molar-refractivity contribution is 0.445. The predicted octanol–water partition coefficient (Wildman–Crippen LogP) is 14.9. The molecule has 0 N–H and O–H groups in total. The standard InChI is InChI=1S/C50H45NO/c1-50(2,3)38-26-30-40(31-27-38)51(39-28-23-34(24-29-39)37-25-32-44-43-18-8-10-22-47(43)52-48(44)33-37)46-21-9-7-17-42(46)45-20-12-16-36-15-11-19-41(49(36)45)35-13-5-4-6-14-35/h7-12,15-33,35H,4-6,13-14H2,1-3H3. The Morgan fingerprint density at radius 3 is 1.94 bits per heavy atom. The highest BCUT2D eigenvalue weighted by Gasteiger charge is 2.23. The van der Waals surface area contributed by atoms with Crippen LogP contribution in [0.1, 0.15) is 69.9 Å². The minimum absolute atomic E-state index is 0.0718. The molecule has 0 aliphatic heterocycles. The summed E-state index contributed by atoms with van der Waals surface area (Å²) in [6.45, 7) is 6.84. The number of anilines is 3. The van der Waals surface area contributed by atoms with E-state index in [-0.39, 0.29) is 5.41 Å². The maximum absolute atomic E-state index is 6.25. The Bertz CT molecular complexity index is 2520. The Kier molecular flexibility index (Phi) is 8.19. The van der Waals surface area contributed by atoms with Crippen molar-refractivity contribution in [1.29, 1.82) is 0 Å². The molecule has 7 aromatic carbocycles. The van der Waals surface area contributed by atoms with Crippen molar-refractivity contribution < 1.29 is 4.42 Å². The first-order chi connectivity index (χ1) is 25.4. The van der Waals surface area contributed by atoms with Crippen LogP contribution in [0.25, 0.3) is 55.0 Å². The summed E-state index contributed by atoms with van der Waals surface area (Å²) in [7, 11) is 0. The minimum atomic E-state index is 0.0718. The Balaban J connectivity index is 1.18. The number of nitrogens with zero attached hydrogens (tertiary/aromatic N) is 1. The van der Waals surface area contributed by atoms with Gasteiger partial charge >= 0.3 is 0 Å². The second kappa shape index (κ2) is 13.2. The molecule has 0 radical (unpaired) electrons. The molecule has 1 aliphatic carbocycles. The molecule has 1 heterocycles. The fourth-order valence-electron chi connectivity index (χ4n) is 8.49. The largest absolute Gasteiger partial charge is 0.456 e. The van der Waals surface area contributed by atoms with Gasteiger partial charge in [-0.05, 0) is 111 Å². The summed E-state index contributed by atoms with van der Waals surface area (Å²) in [5.74, 6) is 0.609. The van der Waals surface area contributed by atoms with Crippen LogP contribution in [-0.2, 0) is 5.41 Å². The number of hydrogen-bond acceptors (Lipinski definition) is 2. The summed E-state index contributed by atoms with van der Waals surface area (Å²) in [5.41, 5.74) is 13.0. The average molecular weight is 676 g/mol. The van der Waals surface area contributed by atoms with Gasteiger partial charge in [-0.3, -0.25) is 0 Å². The lowest BCUT2D eigenvalue weighted by atomic mass is 9.80. The van der Waals surface area contributed by atoms with Gasteiger partial charge in [-0.15, -0.1) is 0 Å². The lowest BCUT2D eigenvalue weighted by Crippen LogP contribution is -2.14. The maximum atomic E-state index is 6.25. The smallest absolute Gasteiger partial charge is 0.136 e. The van der Waals surface area contributed by atoms with E-state index in [1.807, 2.05) is 12.1 Å². The minimum Gasteiger partial charge on any atom is -0.456 e. The van der Waals surface area contributed by atoms with Crippen LogP contribution in [0, 0.1) is 0 Å². The molecular formula is C50H45NO. The van der Waals surface area contributed by atoms with Crippen molar-refractivity contribution in [3.8, 4) is 22.3 Å². The van der Waals surface area contributed by atoms with Gasteiger partial charge in [0.2, 0.25) is 0 Å². The summed E-state index contributed by atoms with van der Waals surface area (Å²) in [4.78, 5) is 2.44. The number of fused-ring (bicyclic) bond motifs is 4. The number of furan rings is 1. The van der Waals surface area contributed by atoms with Gasteiger partial charge in [0, 0.05) is 27.7 Å².